The number of carbonyl (C=O) groups excluding carboxylic acids is 3. The molecule has 9 fully saturated rings. The lowest BCUT2D eigenvalue weighted by Gasteiger charge is -2.76. The number of carbonyl (C=O) groups is 3. The summed E-state index contributed by atoms with van der Waals surface area (Å²) in [5.74, 6) is 3.81. The van der Waals surface area contributed by atoms with Crippen LogP contribution in [0.15, 0.2) is 0 Å². The normalized spacial score (nSPS) is 59.8. The Balaban J connectivity index is 1.22. The first-order valence-electron chi connectivity index (χ1n) is 14.4. The number of hydrogen-bond donors (Lipinski definition) is 0. The minimum atomic E-state index is -0.403. The Morgan fingerprint density at radius 3 is 2.41 bits per heavy atom. The van der Waals surface area contributed by atoms with Crippen LogP contribution < -0.4 is 0 Å². The van der Waals surface area contributed by atoms with Gasteiger partial charge in [-0.1, -0.05) is 27.2 Å². The summed E-state index contributed by atoms with van der Waals surface area (Å²) in [5, 5.41) is 0. The molecule has 6 bridgehead atoms. The second-order valence-corrected chi connectivity index (χ2v) is 14.9. The van der Waals surface area contributed by atoms with Crippen molar-refractivity contribution >= 4 is 17.5 Å². The topological polar surface area (TPSA) is 60.4 Å². The van der Waals surface area contributed by atoms with Gasteiger partial charge in [-0.15, -0.1) is 0 Å². The molecular weight excluding hydrogens is 424 g/mol. The van der Waals surface area contributed by atoms with Gasteiger partial charge in [-0.2, -0.15) is 0 Å². The molecule has 0 heterocycles. The molecule has 0 aromatic carbocycles. The molecule has 0 N–H and O–H groups in total. The highest BCUT2D eigenvalue weighted by molar-refractivity contribution is 6.07. The summed E-state index contributed by atoms with van der Waals surface area (Å²) < 4.78 is 5.94. The summed E-state index contributed by atoms with van der Waals surface area (Å²) in [7, 11) is 0. The molecule has 9 aliphatic rings. The zero-order chi connectivity index (χ0) is 23.6. The SMILES string of the molecule is CC(C)C12C3C(=O)[C@H]4[C@H]1C[C@@H]1[C@@]5(C)CCC[C@@](C)(C(=O)OCC6CC6)[C@@H]5CC[C@]15C2C3C(=O)[C@@H]45. The number of fused-ring (bicyclic) bond motifs is 2. The molecule has 0 aromatic heterocycles. The summed E-state index contributed by atoms with van der Waals surface area (Å²) in [6, 6.07) is 0. The van der Waals surface area contributed by atoms with E-state index in [1.807, 2.05) is 0 Å². The van der Waals surface area contributed by atoms with Gasteiger partial charge in [0.2, 0.25) is 0 Å². The number of Topliss-reactive ketones (excluding diaryl/α,β-unsaturated/α-hetero) is 2. The smallest absolute Gasteiger partial charge is 0.312 e. The van der Waals surface area contributed by atoms with Crippen LogP contribution in [0.3, 0.4) is 0 Å². The van der Waals surface area contributed by atoms with Crippen molar-refractivity contribution in [2.24, 2.45) is 80.8 Å². The van der Waals surface area contributed by atoms with Gasteiger partial charge in [0, 0.05) is 23.7 Å². The summed E-state index contributed by atoms with van der Waals surface area (Å²) in [5.41, 5.74) is -0.215. The van der Waals surface area contributed by atoms with Gasteiger partial charge in [-0.25, -0.2) is 0 Å². The molecule has 9 rings (SSSR count). The third-order valence-corrected chi connectivity index (χ3v) is 14.0. The van der Waals surface area contributed by atoms with Crippen LogP contribution >= 0.6 is 0 Å². The van der Waals surface area contributed by atoms with Crippen molar-refractivity contribution in [1.29, 1.82) is 0 Å². The molecule has 1 spiro atoms. The standard InChI is InChI=1S/C30H40O4/c1-14(2)30-16-12-18-27(3)9-5-10-28(4,26(33)34-13-15-6-7-15)17(27)8-11-29(18)21-19(16)23(31)22(30)20(24(21)32)25(29)30/h14-22,25H,5-13H2,1-4H3/t16-,17-,18-,19+,20?,21-,22?,25?,27+,28-,29+,30?/m1/s1. The molecule has 4 nitrogen and oxygen atoms in total. The summed E-state index contributed by atoms with van der Waals surface area (Å²) >= 11 is 0. The van der Waals surface area contributed by atoms with Gasteiger partial charge >= 0.3 is 5.97 Å². The van der Waals surface area contributed by atoms with Gasteiger partial charge in [0.15, 0.2) is 0 Å². The summed E-state index contributed by atoms with van der Waals surface area (Å²) in [6.45, 7) is 9.97. The molecule has 12 atom stereocenters. The van der Waals surface area contributed by atoms with E-state index in [1.165, 1.54) is 12.8 Å². The van der Waals surface area contributed by atoms with Crippen molar-refractivity contribution in [2.75, 3.05) is 6.61 Å². The number of hydrogen-bond acceptors (Lipinski definition) is 4. The fourth-order valence-corrected chi connectivity index (χ4v) is 13.2. The van der Waals surface area contributed by atoms with Gasteiger partial charge in [-0.3, -0.25) is 14.4 Å². The Bertz CT molecular complexity index is 1040. The average Bonchev–Trinajstić information content (AvgIpc) is 3.56. The quantitative estimate of drug-likeness (QED) is 0.544. The fraction of sp³-hybridized carbons (Fsp3) is 0.900. The van der Waals surface area contributed by atoms with Crippen molar-refractivity contribution in [2.45, 2.75) is 79.1 Å². The van der Waals surface area contributed by atoms with Crippen LogP contribution in [-0.4, -0.2) is 24.1 Å². The first-order chi connectivity index (χ1) is 16.1. The number of ketones is 2. The molecule has 0 amide bonds. The Labute approximate surface area is 203 Å². The molecule has 4 heteroatoms. The van der Waals surface area contributed by atoms with Crippen LogP contribution in [0, 0.1) is 80.8 Å². The second-order valence-electron chi connectivity index (χ2n) is 14.9. The lowest BCUT2D eigenvalue weighted by atomic mass is 9.26. The molecule has 0 radical (unpaired) electrons. The molecule has 0 aliphatic heterocycles. The van der Waals surface area contributed by atoms with Crippen molar-refractivity contribution in [3.8, 4) is 0 Å². The maximum atomic E-state index is 13.8. The third-order valence-electron chi connectivity index (χ3n) is 14.0. The van der Waals surface area contributed by atoms with E-state index in [0.29, 0.717) is 53.7 Å². The van der Waals surface area contributed by atoms with E-state index in [2.05, 4.69) is 27.7 Å². The minimum absolute atomic E-state index is 0.00264. The van der Waals surface area contributed by atoms with Crippen molar-refractivity contribution in [3.63, 3.8) is 0 Å². The highest BCUT2D eigenvalue weighted by Crippen LogP contribution is 2.92. The van der Waals surface area contributed by atoms with Gasteiger partial charge in [0.25, 0.3) is 0 Å². The Kier molecular flexibility index (Phi) is 3.61. The van der Waals surface area contributed by atoms with Gasteiger partial charge in [-0.05, 0) is 104 Å². The third kappa shape index (κ3) is 1.82. The largest absolute Gasteiger partial charge is 0.465 e. The highest BCUT2D eigenvalue weighted by Gasteiger charge is 2.94. The number of rotatable bonds is 4. The molecule has 9 saturated carbocycles. The minimum Gasteiger partial charge on any atom is -0.465 e. The van der Waals surface area contributed by atoms with E-state index in [-0.39, 0.29) is 45.9 Å². The summed E-state index contributed by atoms with van der Waals surface area (Å²) in [6.07, 6.45) is 8.79. The molecule has 4 unspecified atom stereocenters. The fourth-order valence-electron chi connectivity index (χ4n) is 13.2. The predicted octanol–water partition coefficient (Wildman–Crippen LogP) is 5.08. The van der Waals surface area contributed by atoms with E-state index in [4.69, 9.17) is 4.74 Å². The first-order valence-corrected chi connectivity index (χ1v) is 14.4. The Hall–Kier alpha value is -1.19. The van der Waals surface area contributed by atoms with Crippen LogP contribution in [0.2, 0.25) is 0 Å². The highest BCUT2D eigenvalue weighted by atomic mass is 16.5. The van der Waals surface area contributed by atoms with Crippen LogP contribution in [0.5, 0.6) is 0 Å². The van der Waals surface area contributed by atoms with E-state index in [0.717, 1.165) is 38.5 Å². The van der Waals surface area contributed by atoms with Crippen LogP contribution in [0.25, 0.3) is 0 Å². The lowest BCUT2D eigenvalue weighted by molar-refractivity contribution is -0.305. The van der Waals surface area contributed by atoms with Crippen molar-refractivity contribution < 1.29 is 19.1 Å². The average molecular weight is 465 g/mol. The Morgan fingerprint density at radius 2 is 1.71 bits per heavy atom. The molecule has 0 aromatic rings. The maximum absolute atomic E-state index is 13.8. The molecule has 184 valence electrons. The summed E-state index contributed by atoms with van der Waals surface area (Å²) in [4.78, 5) is 41.0. The van der Waals surface area contributed by atoms with E-state index in [1.54, 1.807) is 0 Å². The van der Waals surface area contributed by atoms with E-state index in [9.17, 15) is 14.4 Å². The molecule has 9 aliphatic carbocycles. The van der Waals surface area contributed by atoms with Gasteiger partial charge in [0.05, 0.1) is 12.0 Å². The Morgan fingerprint density at radius 1 is 0.971 bits per heavy atom. The van der Waals surface area contributed by atoms with E-state index >= 15 is 0 Å². The molecule has 34 heavy (non-hydrogen) atoms. The van der Waals surface area contributed by atoms with Crippen molar-refractivity contribution in [1.82, 2.24) is 0 Å². The van der Waals surface area contributed by atoms with Gasteiger partial charge in [0.1, 0.15) is 11.6 Å². The molecule has 0 saturated heterocycles. The van der Waals surface area contributed by atoms with Gasteiger partial charge < -0.3 is 4.74 Å². The monoisotopic (exact) mass is 464 g/mol. The first kappa shape index (κ1) is 20.9. The number of ether oxygens (including phenoxy) is 1. The van der Waals surface area contributed by atoms with E-state index < -0.39 is 5.41 Å². The van der Waals surface area contributed by atoms with Crippen LogP contribution in [0.1, 0.15) is 79.1 Å². The lowest BCUT2D eigenvalue weighted by Crippen LogP contribution is -2.73. The molecular formula is C30H40O4. The zero-order valence-electron chi connectivity index (χ0n) is 21.3. The number of esters is 1. The zero-order valence-corrected chi connectivity index (χ0v) is 21.3. The predicted molar refractivity (Wildman–Crippen MR) is 125 cm³/mol. The second kappa shape index (κ2) is 5.86. The maximum Gasteiger partial charge on any atom is 0.312 e. The van der Waals surface area contributed by atoms with Crippen LogP contribution in [0.4, 0.5) is 0 Å². The van der Waals surface area contributed by atoms with Crippen LogP contribution in [-0.2, 0) is 19.1 Å². The van der Waals surface area contributed by atoms with Crippen molar-refractivity contribution in [3.05, 3.63) is 0 Å².